The van der Waals surface area contributed by atoms with Crippen LogP contribution in [-0.2, 0) is 12.4 Å². The molecule has 0 radical (unpaired) electrons. The molecule has 0 saturated carbocycles. The molecule has 6 N–H and O–H groups in total. The first-order chi connectivity index (χ1) is 21.3. The molecular formula is C29H33F7N6O3. The number of nitrogens with one attached hydrogen (secondary N) is 3. The van der Waals surface area contributed by atoms with E-state index in [-0.39, 0.29) is 17.5 Å². The molecule has 0 spiro atoms. The Labute approximate surface area is 255 Å². The van der Waals surface area contributed by atoms with Gasteiger partial charge in [-0.15, -0.1) is 0 Å². The number of aromatic amines is 2. The highest BCUT2D eigenvalue weighted by molar-refractivity contribution is 5.95. The maximum atomic E-state index is 12.7. The van der Waals surface area contributed by atoms with Crippen LogP contribution in [0.25, 0.3) is 0 Å². The Morgan fingerprint density at radius 3 is 1.64 bits per heavy atom. The molecule has 0 aliphatic rings. The number of nitrogens with two attached hydrogens (primary N) is 1. The second kappa shape index (κ2) is 16.9. The Morgan fingerprint density at radius 1 is 0.867 bits per heavy atom. The lowest BCUT2D eigenvalue weighted by Gasteiger charge is -2.16. The SMILES string of the molecule is C[C@H](N)c1cccc(C(F)(F)F)c1.Cc1[nH]ncc1C(=O)N[C@@H](C)c1cccc(C(F)(F)F)c1.Cc1[nH]ncc1C(=O)O.[2H]CF. The van der Waals surface area contributed by atoms with Crippen molar-refractivity contribution in [2.24, 2.45) is 5.73 Å². The molecule has 0 aliphatic heterocycles. The van der Waals surface area contributed by atoms with E-state index in [0.29, 0.717) is 28.1 Å². The lowest BCUT2D eigenvalue weighted by Crippen LogP contribution is -2.27. The van der Waals surface area contributed by atoms with Gasteiger partial charge in [0.25, 0.3) is 5.91 Å². The zero-order chi connectivity index (χ0) is 35.2. The van der Waals surface area contributed by atoms with E-state index in [0.717, 1.165) is 24.3 Å². The number of hydrogen-bond donors (Lipinski definition) is 5. The molecule has 0 bridgehead atoms. The van der Waals surface area contributed by atoms with Crippen molar-refractivity contribution in [3.05, 3.63) is 106 Å². The van der Waals surface area contributed by atoms with Crippen LogP contribution >= 0.6 is 0 Å². The predicted octanol–water partition coefficient (Wildman–Crippen LogP) is 6.96. The quantitative estimate of drug-likeness (QED) is 0.148. The molecule has 2 aromatic carbocycles. The number of carboxylic acids is 1. The van der Waals surface area contributed by atoms with Gasteiger partial charge >= 0.3 is 18.3 Å². The highest BCUT2D eigenvalue weighted by atomic mass is 19.4. The first kappa shape index (κ1) is 36.5. The van der Waals surface area contributed by atoms with Gasteiger partial charge in [0, 0.05) is 17.4 Å². The second-order valence-electron chi connectivity index (χ2n) is 9.35. The molecule has 4 aromatic rings. The zero-order valence-electron chi connectivity index (χ0n) is 25.5. The van der Waals surface area contributed by atoms with Crippen LogP contribution in [0, 0.1) is 13.8 Å². The van der Waals surface area contributed by atoms with Crippen molar-refractivity contribution >= 4 is 11.9 Å². The monoisotopic (exact) mass is 647 g/mol. The third kappa shape index (κ3) is 12.1. The van der Waals surface area contributed by atoms with Gasteiger partial charge in [-0.2, -0.15) is 36.5 Å². The fraction of sp³-hybridized carbons (Fsp3) is 0.310. The maximum absolute atomic E-state index is 12.7. The van der Waals surface area contributed by atoms with Gasteiger partial charge in [0.15, 0.2) is 0 Å². The second-order valence-corrected chi connectivity index (χ2v) is 9.35. The topological polar surface area (TPSA) is 150 Å². The smallest absolute Gasteiger partial charge is 0.416 e. The van der Waals surface area contributed by atoms with Crippen molar-refractivity contribution < 1.29 is 46.8 Å². The Hall–Kier alpha value is -4.73. The molecular weight excluding hydrogens is 613 g/mol. The minimum absolute atomic E-state index is 0.231. The molecule has 0 unspecified atom stereocenters. The summed E-state index contributed by atoms with van der Waals surface area (Å²) in [5, 5.41) is 23.5. The number of H-pyrrole nitrogens is 2. The summed E-state index contributed by atoms with van der Waals surface area (Å²) in [6.07, 6.45) is -6.02. The summed E-state index contributed by atoms with van der Waals surface area (Å²) in [5.74, 6) is -1.33. The number of rotatable bonds is 5. The van der Waals surface area contributed by atoms with Crippen LogP contribution in [0.3, 0.4) is 0 Å². The average Bonchev–Trinajstić information content (AvgIpc) is 3.61. The highest BCUT2D eigenvalue weighted by Gasteiger charge is 2.31. The fourth-order valence-corrected chi connectivity index (χ4v) is 3.49. The van der Waals surface area contributed by atoms with Crippen molar-refractivity contribution in [2.75, 3.05) is 7.15 Å². The van der Waals surface area contributed by atoms with Gasteiger partial charge in [-0.3, -0.25) is 19.4 Å². The molecule has 9 nitrogen and oxygen atoms in total. The molecule has 0 fully saturated rings. The predicted molar refractivity (Wildman–Crippen MR) is 152 cm³/mol. The number of aromatic carboxylic acids is 1. The molecule has 2 atom stereocenters. The minimum atomic E-state index is -4.40. The number of alkyl halides is 7. The van der Waals surface area contributed by atoms with Gasteiger partial charge < -0.3 is 16.2 Å². The Kier molecular flexibility index (Phi) is 13.7. The Balaban J connectivity index is 0.000000360. The lowest BCUT2D eigenvalue weighted by molar-refractivity contribution is -0.138. The third-order valence-electron chi connectivity index (χ3n) is 5.94. The third-order valence-corrected chi connectivity index (χ3v) is 5.94. The summed E-state index contributed by atoms with van der Waals surface area (Å²) >= 11 is 0. The molecule has 2 heterocycles. The van der Waals surface area contributed by atoms with Gasteiger partial charge in [0.2, 0.25) is 0 Å². The lowest BCUT2D eigenvalue weighted by atomic mass is 10.0. The normalized spacial score (nSPS) is 12.5. The first-order valence-electron chi connectivity index (χ1n) is 13.5. The van der Waals surface area contributed by atoms with E-state index in [9.17, 15) is 40.3 Å². The number of aryl methyl sites for hydroxylation is 2. The Bertz CT molecular complexity index is 1540. The summed E-state index contributed by atoms with van der Waals surface area (Å²) in [4.78, 5) is 22.2. The van der Waals surface area contributed by atoms with Crippen LogP contribution in [0.2, 0.25) is 0 Å². The number of amides is 1. The summed E-state index contributed by atoms with van der Waals surface area (Å²) in [6, 6.07) is 9.03. The van der Waals surface area contributed by atoms with Crippen LogP contribution < -0.4 is 11.1 Å². The van der Waals surface area contributed by atoms with Gasteiger partial charge in [-0.1, -0.05) is 24.3 Å². The number of benzene rings is 2. The Morgan fingerprint density at radius 2 is 1.29 bits per heavy atom. The number of carbonyl (C=O) groups is 2. The van der Waals surface area contributed by atoms with Crippen LogP contribution in [-0.4, -0.2) is 44.5 Å². The van der Waals surface area contributed by atoms with Gasteiger partial charge in [0.1, 0.15) is 5.56 Å². The van der Waals surface area contributed by atoms with E-state index in [1.54, 1.807) is 39.8 Å². The van der Waals surface area contributed by atoms with E-state index in [1.165, 1.54) is 24.5 Å². The van der Waals surface area contributed by atoms with Crippen LogP contribution in [0.15, 0.2) is 60.9 Å². The molecule has 0 saturated heterocycles. The van der Waals surface area contributed by atoms with Crippen LogP contribution in [0.4, 0.5) is 30.7 Å². The summed E-state index contributed by atoms with van der Waals surface area (Å²) in [7, 11) is -1.00. The number of hydrogen-bond acceptors (Lipinski definition) is 5. The zero-order valence-corrected chi connectivity index (χ0v) is 24.5. The van der Waals surface area contributed by atoms with E-state index in [4.69, 9.17) is 12.2 Å². The van der Waals surface area contributed by atoms with E-state index >= 15 is 0 Å². The van der Waals surface area contributed by atoms with E-state index in [1.807, 2.05) is 0 Å². The summed E-state index contributed by atoms with van der Waals surface area (Å²) < 4.78 is 90.1. The average molecular weight is 648 g/mol. The molecule has 2 aromatic heterocycles. The van der Waals surface area contributed by atoms with Crippen molar-refractivity contribution in [1.29, 1.82) is 0 Å². The molecule has 45 heavy (non-hydrogen) atoms. The molecule has 4 rings (SSSR count). The van der Waals surface area contributed by atoms with Crippen LogP contribution in [0.5, 0.6) is 0 Å². The van der Waals surface area contributed by atoms with Crippen molar-refractivity contribution in [3.8, 4) is 0 Å². The van der Waals surface area contributed by atoms with E-state index < -0.39 is 42.6 Å². The number of carboxylic acid groups (broad SMARTS) is 1. The minimum Gasteiger partial charge on any atom is -0.478 e. The number of carbonyl (C=O) groups excluding carboxylic acids is 1. The fourth-order valence-electron chi connectivity index (χ4n) is 3.49. The summed E-state index contributed by atoms with van der Waals surface area (Å²) in [6.45, 7) is 6.63. The molecule has 1 amide bonds. The van der Waals surface area contributed by atoms with Crippen molar-refractivity contribution in [2.45, 2.75) is 52.1 Å². The highest BCUT2D eigenvalue weighted by Crippen LogP contribution is 2.31. The molecule has 16 heteroatoms. The van der Waals surface area contributed by atoms with Gasteiger partial charge in [-0.25, -0.2) is 4.79 Å². The number of halogens is 7. The largest absolute Gasteiger partial charge is 0.478 e. The molecule has 0 aliphatic carbocycles. The number of aromatic nitrogens is 4. The van der Waals surface area contributed by atoms with Crippen LogP contribution in [0.1, 0.15) is 81.7 Å². The molecule has 246 valence electrons. The van der Waals surface area contributed by atoms with Crippen molar-refractivity contribution in [3.63, 3.8) is 0 Å². The van der Waals surface area contributed by atoms with Crippen molar-refractivity contribution in [1.82, 2.24) is 25.7 Å². The number of nitrogens with zero attached hydrogens (tertiary/aromatic N) is 2. The van der Waals surface area contributed by atoms with E-state index in [2.05, 4.69) is 25.7 Å². The van der Waals surface area contributed by atoms with Gasteiger partial charge in [0.05, 0.1) is 43.7 Å². The standard InChI is InChI=1S/C14H14F3N3O.C9H10F3N.C5H6N2O2.CH3F/c1-8(19-13(21)12-7-18-20-9(12)2)10-4-3-5-11(6-10)14(15,16)17;1-6(13)7-3-2-4-8(5-7)9(10,11)12;1-3-4(5(8)9)2-6-7-3;1-2/h3-8H,1-2H3,(H,18,20)(H,19,21);2-6H,13H2,1H3;2H,1H3,(H,6,7)(H,8,9);1H3/t8-;6-;;/m00../s1/i;;;1D. The first-order valence-corrected chi connectivity index (χ1v) is 12.8. The van der Waals surface area contributed by atoms with Gasteiger partial charge in [-0.05, 0) is 63.1 Å². The summed E-state index contributed by atoms with van der Waals surface area (Å²) in [5.41, 5.74) is 6.74. The maximum Gasteiger partial charge on any atom is 0.416 e.